The number of nitrogens with two attached hydrogens (primary N) is 1. The predicted molar refractivity (Wildman–Crippen MR) is 121 cm³/mol. The van der Waals surface area contributed by atoms with E-state index in [4.69, 9.17) is 20.2 Å². The van der Waals surface area contributed by atoms with E-state index in [1.165, 1.54) is 5.56 Å². The highest BCUT2D eigenvalue weighted by molar-refractivity contribution is 7.13. The number of hydrogen-bond acceptors (Lipinski definition) is 7. The Kier molecular flexibility index (Phi) is 7.03. The Morgan fingerprint density at radius 2 is 1.90 bits per heavy atom. The van der Waals surface area contributed by atoms with Crippen molar-refractivity contribution in [3.63, 3.8) is 0 Å². The van der Waals surface area contributed by atoms with Gasteiger partial charge in [-0.05, 0) is 17.7 Å². The van der Waals surface area contributed by atoms with Gasteiger partial charge in [-0.1, -0.05) is 12.1 Å². The van der Waals surface area contributed by atoms with E-state index < -0.39 is 0 Å². The second-order valence-electron chi connectivity index (χ2n) is 7.42. The molecule has 4 rings (SSSR count). The van der Waals surface area contributed by atoms with Gasteiger partial charge in [0.15, 0.2) is 11.1 Å². The van der Waals surface area contributed by atoms with Crippen LogP contribution in [0.5, 0.6) is 5.75 Å². The van der Waals surface area contributed by atoms with Gasteiger partial charge in [-0.25, -0.2) is 4.98 Å². The highest BCUT2D eigenvalue weighted by Gasteiger charge is 2.24. The Morgan fingerprint density at radius 1 is 1.17 bits per heavy atom. The topological polar surface area (TPSA) is 79.5 Å². The molecule has 2 N–H and O–H groups in total. The molecule has 0 amide bonds. The Bertz CT molecular complexity index is 799. The molecule has 1 aromatic heterocycles. The lowest BCUT2D eigenvalue weighted by Crippen LogP contribution is -2.51. The Balaban J connectivity index is 1.41. The van der Waals surface area contributed by atoms with Gasteiger partial charge in [0.05, 0.1) is 32.9 Å². The van der Waals surface area contributed by atoms with Gasteiger partial charge in [-0.15, -0.1) is 11.3 Å². The van der Waals surface area contributed by atoms with E-state index in [9.17, 15) is 0 Å². The van der Waals surface area contributed by atoms with Crippen LogP contribution in [0.1, 0.15) is 11.6 Å². The molecule has 0 bridgehead atoms. The first kappa shape index (κ1) is 20.9. The van der Waals surface area contributed by atoms with E-state index in [0.717, 1.165) is 63.4 Å². The number of morpholine rings is 1. The molecule has 3 heterocycles. The second-order valence-corrected chi connectivity index (χ2v) is 8.30. The summed E-state index contributed by atoms with van der Waals surface area (Å²) in [6.07, 6.45) is 1.85. The second kappa shape index (κ2) is 10.1. The van der Waals surface area contributed by atoms with Crippen LogP contribution in [-0.4, -0.2) is 86.9 Å². The fourth-order valence-corrected chi connectivity index (χ4v) is 4.62. The maximum Gasteiger partial charge on any atom is 0.191 e. The first-order valence-corrected chi connectivity index (χ1v) is 11.3. The lowest BCUT2D eigenvalue weighted by molar-refractivity contribution is 0.0179. The summed E-state index contributed by atoms with van der Waals surface area (Å²) >= 11 is 1.68. The number of rotatable bonds is 6. The Hall–Kier alpha value is -2.36. The summed E-state index contributed by atoms with van der Waals surface area (Å²) < 4.78 is 10.9. The third-order valence-corrected chi connectivity index (χ3v) is 6.54. The monoisotopic (exact) mass is 430 g/mol. The number of nitrogens with zero attached hydrogens (tertiary/aromatic N) is 5. The van der Waals surface area contributed by atoms with Crippen LogP contribution in [0.25, 0.3) is 0 Å². The van der Waals surface area contributed by atoms with Crippen molar-refractivity contribution in [3.05, 3.63) is 41.4 Å². The molecule has 162 valence electrons. The van der Waals surface area contributed by atoms with E-state index >= 15 is 0 Å². The van der Waals surface area contributed by atoms with E-state index in [2.05, 4.69) is 31.8 Å². The molecule has 2 aliphatic heterocycles. The van der Waals surface area contributed by atoms with Crippen LogP contribution in [0.3, 0.4) is 0 Å². The molecular weight excluding hydrogens is 400 g/mol. The van der Waals surface area contributed by atoms with Crippen LogP contribution >= 0.6 is 11.3 Å². The zero-order valence-electron chi connectivity index (χ0n) is 17.4. The van der Waals surface area contributed by atoms with Gasteiger partial charge >= 0.3 is 0 Å². The molecule has 2 aliphatic rings. The highest BCUT2D eigenvalue weighted by Crippen LogP contribution is 2.25. The lowest BCUT2D eigenvalue weighted by atomic mass is 10.0. The van der Waals surface area contributed by atoms with Gasteiger partial charge in [-0.3, -0.25) is 9.89 Å². The third-order valence-electron chi connectivity index (χ3n) is 5.71. The quantitative estimate of drug-likeness (QED) is 0.552. The Labute approximate surface area is 181 Å². The number of benzene rings is 1. The number of methoxy groups -OCH3 is 1. The smallest absolute Gasteiger partial charge is 0.191 e. The number of aliphatic imine (C=N–C) groups is 1. The highest BCUT2D eigenvalue weighted by atomic mass is 32.1. The molecule has 0 saturated carbocycles. The number of piperazine rings is 1. The van der Waals surface area contributed by atoms with E-state index in [-0.39, 0.29) is 6.04 Å². The van der Waals surface area contributed by atoms with E-state index in [0.29, 0.717) is 12.5 Å². The molecule has 0 spiro atoms. The minimum Gasteiger partial charge on any atom is -0.497 e. The van der Waals surface area contributed by atoms with Crippen molar-refractivity contribution in [2.24, 2.45) is 10.7 Å². The van der Waals surface area contributed by atoms with Crippen molar-refractivity contribution in [1.29, 1.82) is 0 Å². The fourth-order valence-electron chi connectivity index (χ4n) is 3.93. The van der Waals surface area contributed by atoms with Gasteiger partial charge < -0.3 is 25.0 Å². The minimum atomic E-state index is 0.176. The summed E-state index contributed by atoms with van der Waals surface area (Å²) in [6.45, 7) is 7.49. The molecule has 9 heteroatoms. The van der Waals surface area contributed by atoms with Gasteiger partial charge in [0.2, 0.25) is 0 Å². The zero-order valence-corrected chi connectivity index (χ0v) is 18.3. The normalized spacial score (nSPS) is 19.7. The molecule has 0 radical (unpaired) electrons. The van der Waals surface area contributed by atoms with Crippen molar-refractivity contribution < 1.29 is 9.47 Å². The Morgan fingerprint density at radius 3 is 2.53 bits per heavy atom. The van der Waals surface area contributed by atoms with Gasteiger partial charge in [0.25, 0.3) is 0 Å². The van der Waals surface area contributed by atoms with Crippen molar-refractivity contribution >= 4 is 22.4 Å². The molecule has 30 heavy (non-hydrogen) atoms. The van der Waals surface area contributed by atoms with Crippen molar-refractivity contribution in [2.75, 3.05) is 71.0 Å². The summed E-state index contributed by atoms with van der Waals surface area (Å²) in [5.41, 5.74) is 7.62. The standard InChI is InChI=1S/C21H30N6O2S/c1-28-18-4-2-17(3-5-18)19(25-11-13-29-14-12-25)16-24-20(22)26-7-9-27(10-8-26)21-23-6-15-30-21/h2-6,15,19H,7-14,16H2,1H3,(H2,22,24). The van der Waals surface area contributed by atoms with Gasteiger partial charge in [0, 0.05) is 50.8 Å². The van der Waals surface area contributed by atoms with Crippen LogP contribution in [0.15, 0.2) is 40.8 Å². The van der Waals surface area contributed by atoms with Crippen molar-refractivity contribution in [2.45, 2.75) is 6.04 Å². The maximum atomic E-state index is 6.40. The average molecular weight is 431 g/mol. The number of anilines is 1. The van der Waals surface area contributed by atoms with Crippen LogP contribution in [0.4, 0.5) is 5.13 Å². The molecule has 1 aromatic carbocycles. The van der Waals surface area contributed by atoms with Crippen LogP contribution < -0.4 is 15.4 Å². The summed E-state index contributed by atoms with van der Waals surface area (Å²) in [5, 5.41) is 3.10. The first-order valence-electron chi connectivity index (χ1n) is 10.4. The molecule has 0 aliphatic carbocycles. The number of thiazole rings is 1. The zero-order chi connectivity index (χ0) is 20.8. The van der Waals surface area contributed by atoms with Crippen LogP contribution in [0, 0.1) is 0 Å². The minimum absolute atomic E-state index is 0.176. The third kappa shape index (κ3) is 5.03. The van der Waals surface area contributed by atoms with Gasteiger partial charge in [-0.2, -0.15) is 0 Å². The maximum absolute atomic E-state index is 6.40. The molecule has 2 fully saturated rings. The lowest BCUT2D eigenvalue weighted by Gasteiger charge is -2.36. The molecule has 1 atom stereocenters. The number of hydrogen-bond donors (Lipinski definition) is 1. The van der Waals surface area contributed by atoms with Crippen LogP contribution in [0.2, 0.25) is 0 Å². The molecule has 2 saturated heterocycles. The summed E-state index contributed by atoms with van der Waals surface area (Å²) in [7, 11) is 1.69. The first-order chi connectivity index (χ1) is 14.7. The van der Waals surface area contributed by atoms with Crippen molar-refractivity contribution in [3.8, 4) is 5.75 Å². The summed E-state index contributed by atoms with van der Waals surface area (Å²) in [6, 6.07) is 8.44. The molecular formula is C21H30N6O2S. The summed E-state index contributed by atoms with van der Waals surface area (Å²) in [4.78, 5) is 16.1. The largest absolute Gasteiger partial charge is 0.497 e. The predicted octanol–water partition coefficient (Wildman–Crippen LogP) is 1.66. The fraction of sp³-hybridized carbons (Fsp3) is 0.524. The van der Waals surface area contributed by atoms with Crippen molar-refractivity contribution in [1.82, 2.24) is 14.8 Å². The number of ether oxygens (including phenoxy) is 2. The van der Waals surface area contributed by atoms with E-state index in [1.807, 2.05) is 23.7 Å². The number of aromatic nitrogens is 1. The van der Waals surface area contributed by atoms with Crippen LogP contribution in [-0.2, 0) is 4.74 Å². The molecule has 1 unspecified atom stereocenters. The summed E-state index contributed by atoms with van der Waals surface area (Å²) in [5.74, 6) is 1.49. The SMILES string of the molecule is COc1ccc(C(CN=C(N)N2CCN(c3nccs3)CC2)N2CCOCC2)cc1. The number of guanidine groups is 1. The molecule has 8 nitrogen and oxygen atoms in total. The van der Waals surface area contributed by atoms with E-state index in [1.54, 1.807) is 18.4 Å². The molecule has 2 aromatic rings. The van der Waals surface area contributed by atoms with Gasteiger partial charge in [0.1, 0.15) is 5.75 Å². The average Bonchev–Trinajstić information content (AvgIpc) is 3.35.